The molecule has 2 aromatic rings. The highest BCUT2D eigenvalue weighted by Gasteiger charge is 2.13. The van der Waals surface area contributed by atoms with Gasteiger partial charge in [-0.05, 0) is 42.3 Å². The third-order valence-electron chi connectivity index (χ3n) is 3.23. The van der Waals surface area contributed by atoms with Gasteiger partial charge in [0.15, 0.2) is 0 Å². The Morgan fingerprint density at radius 1 is 1.29 bits per heavy atom. The van der Waals surface area contributed by atoms with Crippen LogP contribution in [-0.4, -0.2) is 36.5 Å². The first-order chi connectivity index (χ1) is 10.1. The van der Waals surface area contributed by atoms with E-state index in [0.717, 1.165) is 12.0 Å². The average molecular weight is 305 g/mol. The second-order valence-electron chi connectivity index (χ2n) is 4.68. The van der Waals surface area contributed by atoms with Crippen molar-refractivity contribution in [3.63, 3.8) is 0 Å². The Morgan fingerprint density at radius 2 is 2.00 bits per heavy atom. The predicted octanol–water partition coefficient (Wildman–Crippen LogP) is 3.06. The van der Waals surface area contributed by atoms with Crippen molar-refractivity contribution in [1.29, 1.82) is 0 Å². The molecular formula is C16H17ClN2O2. The van der Waals surface area contributed by atoms with Crippen LogP contribution >= 0.6 is 11.6 Å². The second kappa shape index (κ2) is 7.09. The Morgan fingerprint density at radius 3 is 2.67 bits per heavy atom. The molecule has 1 amide bonds. The van der Waals surface area contributed by atoms with E-state index >= 15 is 0 Å². The van der Waals surface area contributed by atoms with Crippen LogP contribution in [0.25, 0.3) is 0 Å². The van der Waals surface area contributed by atoms with Gasteiger partial charge >= 0.3 is 0 Å². The smallest absolute Gasteiger partial charge is 0.253 e. The van der Waals surface area contributed by atoms with Crippen LogP contribution in [0.1, 0.15) is 15.9 Å². The van der Waals surface area contributed by atoms with Crippen molar-refractivity contribution in [2.24, 2.45) is 0 Å². The molecule has 0 aliphatic rings. The van der Waals surface area contributed by atoms with Gasteiger partial charge in [0.2, 0.25) is 0 Å². The molecule has 2 rings (SSSR count). The van der Waals surface area contributed by atoms with E-state index in [2.05, 4.69) is 4.98 Å². The molecule has 0 N–H and O–H groups in total. The molecule has 1 heterocycles. The molecule has 5 heteroatoms. The number of ether oxygens (including phenoxy) is 1. The first kappa shape index (κ1) is 15.3. The summed E-state index contributed by atoms with van der Waals surface area (Å²) in [4.78, 5) is 18.0. The number of carbonyl (C=O) groups excluding carboxylic acids is 1. The Hall–Kier alpha value is -2.07. The fourth-order valence-corrected chi connectivity index (χ4v) is 2.16. The molecule has 0 aliphatic heterocycles. The van der Waals surface area contributed by atoms with Crippen LogP contribution in [0.4, 0.5) is 0 Å². The Labute approximate surface area is 129 Å². The van der Waals surface area contributed by atoms with Crippen LogP contribution in [0.5, 0.6) is 5.75 Å². The zero-order valence-corrected chi connectivity index (χ0v) is 12.8. The van der Waals surface area contributed by atoms with Gasteiger partial charge in [-0.15, -0.1) is 0 Å². The van der Waals surface area contributed by atoms with Crippen LogP contribution in [-0.2, 0) is 6.42 Å². The minimum Gasteiger partial charge on any atom is -0.495 e. The summed E-state index contributed by atoms with van der Waals surface area (Å²) < 4.78 is 5.14. The molecule has 110 valence electrons. The fourth-order valence-electron chi connectivity index (χ4n) is 1.96. The maximum Gasteiger partial charge on any atom is 0.253 e. The van der Waals surface area contributed by atoms with Gasteiger partial charge in [0.05, 0.1) is 12.1 Å². The SMILES string of the molecule is COc1cc(C(=O)N(C)CCc2ccncc2)ccc1Cl. The van der Waals surface area contributed by atoms with Crippen molar-refractivity contribution in [2.45, 2.75) is 6.42 Å². The van der Waals surface area contributed by atoms with E-state index in [9.17, 15) is 4.79 Å². The van der Waals surface area contributed by atoms with Crippen molar-refractivity contribution in [3.8, 4) is 5.75 Å². The van der Waals surface area contributed by atoms with Gasteiger partial charge in [-0.3, -0.25) is 9.78 Å². The van der Waals surface area contributed by atoms with Gasteiger partial charge in [0.25, 0.3) is 5.91 Å². The second-order valence-corrected chi connectivity index (χ2v) is 5.09. The number of amides is 1. The third kappa shape index (κ3) is 3.95. The average Bonchev–Trinajstić information content (AvgIpc) is 2.53. The number of hydrogen-bond donors (Lipinski definition) is 0. The quantitative estimate of drug-likeness (QED) is 0.852. The van der Waals surface area contributed by atoms with E-state index in [4.69, 9.17) is 16.3 Å². The van der Waals surface area contributed by atoms with Crippen molar-refractivity contribution in [1.82, 2.24) is 9.88 Å². The van der Waals surface area contributed by atoms with Gasteiger partial charge < -0.3 is 9.64 Å². The van der Waals surface area contributed by atoms with Crippen LogP contribution in [0.3, 0.4) is 0 Å². The molecule has 4 nitrogen and oxygen atoms in total. The molecule has 21 heavy (non-hydrogen) atoms. The largest absolute Gasteiger partial charge is 0.495 e. The van der Waals surface area contributed by atoms with E-state index < -0.39 is 0 Å². The summed E-state index contributed by atoms with van der Waals surface area (Å²) in [6, 6.07) is 8.93. The molecular weight excluding hydrogens is 288 g/mol. The summed E-state index contributed by atoms with van der Waals surface area (Å²) in [5.41, 5.74) is 1.71. The Bertz CT molecular complexity index is 617. The number of likely N-dealkylation sites (N-methyl/N-ethyl adjacent to an activating group) is 1. The molecule has 0 atom stereocenters. The highest BCUT2D eigenvalue weighted by atomic mass is 35.5. The summed E-state index contributed by atoms with van der Waals surface area (Å²) in [6.45, 7) is 0.633. The van der Waals surface area contributed by atoms with E-state index in [1.807, 2.05) is 12.1 Å². The van der Waals surface area contributed by atoms with Crippen LogP contribution in [0.2, 0.25) is 5.02 Å². The highest BCUT2D eigenvalue weighted by Crippen LogP contribution is 2.25. The minimum absolute atomic E-state index is 0.0565. The zero-order chi connectivity index (χ0) is 15.2. The summed E-state index contributed by atoms with van der Waals surface area (Å²) in [5, 5.41) is 0.494. The molecule has 0 aliphatic carbocycles. The number of carbonyl (C=O) groups is 1. The monoisotopic (exact) mass is 304 g/mol. The van der Waals surface area contributed by atoms with Gasteiger partial charge in [-0.2, -0.15) is 0 Å². The number of nitrogens with zero attached hydrogens (tertiary/aromatic N) is 2. The summed E-state index contributed by atoms with van der Waals surface area (Å²) in [5.74, 6) is 0.448. The first-order valence-electron chi connectivity index (χ1n) is 6.59. The topological polar surface area (TPSA) is 42.4 Å². The lowest BCUT2D eigenvalue weighted by atomic mass is 10.1. The maximum atomic E-state index is 12.4. The molecule has 0 radical (unpaired) electrons. The van der Waals surface area contributed by atoms with Crippen LogP contribution < -0.4 is 4.74 Å². The van der Waals surface area contributed by atoms with Crippen molar-refractivity contribution in [3.05, 3.63) is 58.9 Å². The minimum atomic E-state index is -0.0565. The first-order valence-corrected chi connectivity index (χ1v) is 6.97. The maximum absolute atomic E-state index is 12.4. The van der Waals surface area contributed by atoms with E-state index in [1.54, 1.807) is 42.5 Å². The number of rotatable bonds is 5. The Balaban J connectivity index is 2.02. The van der Waals surface area contributed by atoms with Gasteiger partial charge in [-0.1, -0.05) is 11.6 Å². The summed E-state index contributed by atoms with van der Waals surface area (Å²) in [7, 11) is 3.31. The summed E-state index contributed by atoms with van der Waals surface area (Å²) >= 11 is 5.97. The fraction of sp³-hybridized carbons (Fsp3) is 0.250. The molecule has 0 saturated heterocycles. The zero-order valence-electron chi connectivity index (χ0n) is 12.0. The third-order valence-corrected chi connectivity index (χ3v) is 3.54. The molecule has 0 unspecified atom stereocenters. The van der Waals surface area contributed by atoms with E-state index in [-0.39, 0.29) is 5.91 Å². The van der Waals surface area contributed by atoms with Crippen molar-refractivity contribution < 1.29 is 9.53 Å². The van der Waals surface area contributed by atoms with Crippen LogP contribution in [0.15, 0.2) is 42.7 Å². The molecule has 1 aromatic carbocycles. The number of halogens is 1. The number of benzene rings is 1. The molecule has 0 spiro atoms. The Kier molecular flexibility index (Phi) is 5.17. The van der Waals surface area contributed by atoms with Gasteiger partial charge in [0, 0.05) is 31.5 Å². The van der Waals surface area contributed by atoms with E-state index in [1.165, 1.54) is 7.11 Å². The highest BCUT2D eigenvalue weighted by molar-refractivity contribution is 6.32. The van der Waals surface area contributed by atoms with Crippen LogP contribution in [0, 0.1) is 0 Å². The number of pyridine rings is 1. The van der Waals surface area contributed by atoms with Crippen molar-refractivity contribution in [2.75, 3.05) is 20.7 Å². The lowest BCUT2D eigenvalue weighted by Crippen LogP contribution is -2.28. The van der Waals surface area contributed by atoms with Gasteiger partial charge in [0.1, 0.15) is 5.75 Å². The predicted molar refractivity (Wildman–Crippen MR) is 82.9 cm³/mol. The lowest BCUT2D eigenvalue weighted by molar-refractivity contribution is 0.0796. The number of hydrogen-bond acceptors (Lipinski definition) is 3. The molecule has 1 aromatic heterocycles. The normalized spacial score (nSPS) is 10.2. The molecule has 0 saturated carbocycles. The number of methoxy groups -OCH3 is 1. The molecule has 0 bridgehead atoms. The standard InChI is InChI=1S/C16H17ClN2O2/c1-19(10-7-12-5-8-18-9-6-12)16(20)13-3-4-14(17)15(11-13)21-2/h3-6,8-9,11H,7,10H2,1-2H3. The number of aromatic nitrogens is 1. The van der Waals surface area contributed by atoms with Crippen molar-refractivity contribution >= 4 is 17.5 Å². The molecule has 0 fully saturated rings. The van der Waals surface area contributed by atoms with Gasteiger partial charge in [-0.25, -0.2) is 0 Å². The lowest BCUT2D eigenvalue weighted by Gasteiger charge is -2.17. The summed E-state index contributed by atoms with van der Waals surface area (Å²) in [6.07, 6.45) is 4.29. The van der Waals surface area contributed by atoms with E-state index in [0.29, 0.717) is 22.9 Å².